The van der Waals surface area contributed by atoms with Gasteiger partial charge in [-0.2, -0.15) is 0 Å². The lowest BCUT2D eigenvalue weighted by atomic mass is 9.82. The third-order valence-corrected chi connectivity index (χ3v) is 8.28. The van der Waals surface area contributed by atoms with Crippen LogP contribution in [0, 0.1) is 12.8 Å². The summed E-state index contributed by atoms with van der Waals surface area (Å²) >= 11 is 1.73. The topological polar surface area (TPSA) is 26.0 Å². The van der Waals surface area contributed by atoms with Crippen molar-refractivity contribution in [3.8, 4) is 22.4 Å². The maximum Gasteiger partial charge on any atom is 0.134 e. The second-order valence-corrected chi connectivity index (χ2v) is 12.6. The van der Waals surface area contributed by atoms with Crippen LogP contribution in [0.1, 0.15) is 51.3 Å². The smallest absolute Gasteiger partial charge is 0.134 e. The molecule has 6 aromatic rings. The first-order valence-electron chi connectivity index (χ1n) is 13.1. The number of aryl methyl sites for hydroxylation is 1. The molecular formula is C34H33NOS. The molecular weight excluding hydrogens is 470 g/mol. The van der Waals surface area contributed by atoms with Crippen molar-refractivity contribution in [2.75, 3.05) is 0 Å². The minimum absolute atomic E-state index is 0.0290. The molecule has 0 fully saturated rings. The zero-order chi connectivity index (χ0) is 25.9. The van der Waals surface area contributed by atoms with Gasteiger partial charge in [-0.25, -0.2) is 4.98 Å². The summed E-state index contributed by atoms with van der Waals surface area (Å²) in [7, 11) is 0. The molecule has 2 nitrogen and oxygen atoms in total. The van der Waals surface area contributed by atoms with Gasteiger partial charge >= 0.3 is 0 Å². The summed E-state index contributed by atoms with van der Waals surface area (Å²) in [4.78, 5) is 6.28. The summed E-state index contributed by atoms with van der Waals surface area (Å²) in [5.74, 6) is 0.577. The average Bonchev–Trinajstić information content (AvgIpc) is 3.44. The average molecular weight is 504 g/mol. The van der Waals surface area contributed by atoms with Gasteiger partial charge in [-0.3, -0.25) is 0 Å². The first-order valence-corrected chi connectivity index (χ1v) is 14.0. The van der Waals surface area contributed by atoms with Crippen LogP contribution >= 0.6 is 11.3 Å². The Kier molecular flexibility index (Phi) is 5.72. The van der Waals surface area contributed by atoms with E-state index in [0.717, 1.165) is 22.5 Å². The normalized spacial score (nSPS) is 12.4. The summed E-state index contributed by atoms with van der Waals surface area (Å²) in [6, 6.07) is 22.3. The van der Waals surface area contributed by atoms with E-state index < -0.39 is 0 Å². The molecule has 0 aliphatic rings. The number of pyridine rings is 1. The van der Waals surface area contributed by atoms with Gasteiger partial charge in [0.05, 0.1) is 12.0 Å². The fourth-order valence-electron chi connectivity index (χ4n) is 5.49. The van der Waals surface area contributed by atoms with Gasteiger partial charge in [-0.1, -0.05) is 65.0 Å². The van der Waals surface area contributed by atoms with E-state index in [1.54, 1.807) is 11.3 Å². The third-order valence-electron chi connectivity index (χ3n) is 7.29. The fraction of sp³-hybridized carbons (Fsp3) is 0.265. The van der Waals surface area contributed by atoms with Gasteiger partial charge in [0.1, 0.15) is 10.4 Å². The molecule has 3 aromatic heterocycles. The van der Waals surface area contributed by atoms with Gasteiger partial charge in [0, 0.05) is 16.3 Å². The number of rotatable bonds is 4. The maximum absolute atomic E-state index is 5.91. The van der Waals surface area contributed by atoms with Gasteiger partial charge in [0.2, 0.25) is 0 Å². The highest BCUT2D eigenvalue weighted by molar-refractivity contribution is 7.17. The first kappa shape index (κ1) is 23.9. The van der Waals surface area contributed by atoms with Gasteiger partial charge in [-0.15, -0.1) is 11.3 Å². The molecule has 3 aromatic carbocycles. The van der Waals surface area contributed by atoms with E-state index in [1.807, 2.05) is 6.26 Å². The Morgan fingerprint density at radius 3 is 2.51 bits per heavy atom. The van der Waals surface area contributed by atoms with E-state index in [4.69, 9.17) is 9.40 Å². The Morgan fingerprint density at radius 2 is 1.73 bits per heavy atom. The Hall–Kier alpha value is -3.43. The number of aromatic nitrogens is 1. The van der Waals surface area contributed by atoms with Crippen LogP contribution in [0.2, 0.25) is 0 Å². The van der Waals surface area contributed by atoms with Crippen molar-refractivity contribution < 1.29 is 4.42 Å². The van der Waals surface area contributed by atoms with E-state index in [0.29, 0.717) is 5.92 Å². The predicted octanol–water partition coefficient (Wildman–Crippen LogP) is 10.3. The zero-order valence-electron chi connectivity index (χ0n) is 22.5. The van der Waals surface area contributed by atoms with Crippen molar-refractivity contribution in [3.05, 3.63) is 89.0 Å². The Morgan fingerprint density at radius 1 is 0.919 bits per heavy atom. The number of nitrogens with zero attached hydrogens (tertiary/aromatic N) is 1. The minimum atomic E-state index is 0.0290. The molecule has 0 aliphatic heterocycles. The molecule has 0 radical (unpaired) electrons. The van der Waals surface area contributed by atoms with Crippen LogP contribution in [0.5, 0.6) is 0 Å². The highest BCUT2D eigenvalue weighted by Crippen LogP contribution is 2.40. The van der Waals surface area contributed by atoms with E-state index in [2.05, 4.69) is 108 Å². The number of furan rings is 1. The second kappa shape index (κ2) is 8.85. The fourth-order valence-corrected chi connectivity index (χ4v) is 6.44. The van der Waals surface area contributed by atoms with Crippen LogP contribution < -0.4 is 0 Å². The van der Waals surface area contributed by atoms with Gasteiger partial charge < -0.3 is 4.42 Å². The highest BCUT2D eigenvalue weighted by atomic mass is 32.1. The van der Waals surface area contributed by atoms with Crippen molar-refractivity contribution in [2.45, 2.75) is 53.4 Å². The molecule has 0 unspecified atom stereocenters. The summed E-state index contributed by atoms with van der Waals surface area (Å²) in [6.45, 7) is 13.6. The minimum Gasteiger partial charge on any atom is -0.464 e. The SMILES string of the molecule is Cc1csc2nc(-c3cc(C(C)(C)C)c4ccccc4c3)cc(-c3ccc4occ(CC(C)C)c4c3)c12. The summed E-state index contributed by atoms with van der Waals surface area (Å²) in [5, 5.41) is 7.26. The number of benzene rings is 3. The zero-order valence-corrected chi connectivity index (χ0v) is 23.3. The van der Waals surface area contributed by atoms with Crippen LogP contribution in [0.15, 0.2) is 76.7 Å². The summed E-state index contributed by atoms with van der Waals surface area (Å²) in [5.41, 5.74) is 9.54. The van der Waals surface area contributed by atoms with E-state index >= 15 is 0 Å². The van der Waals surface area contributed by atoms with Crippen LogP contribution in [0.4, 0.5) is 0 Å². The molecule has 0 saturated carbocycles. The standard InChI is InChI=1S/C34H33NOS/c1-20(2)13-25-18-36-31-12-11-23(15-27(25)31)28-17-30(35-33-32(28)21(3)19-37-33)24-14-22-9-7-8-10-26(22)29(16-24)34(4,5)6/h7-12,14-20H,13H2,1-6H3. The van der Waals surface area contributed by atoms with E-state index in [-0.39, 0.29) is 5.41 Å². The maximum atomic E-state index is 5.91. The van der Waals surface area contributed by atoms with Crippen molar-refractivity contribution in [2.24, 2.45) is 5.92 Å². The molecule has 0 aliphatic carbocycles. The molecule has 0 N–H and O–H groups in total. The van der Waals surface area contributed by atoms with Gasteiger partial charge in [0.25, 0.3) is 0 Å². The summed E-state index contributed by atoms with van der Waals surface area (Å²) < 4.78 is 5.91. The number of hydrogen-bond acceptors (Lipinski definition) is 3. The number of thiophene rings is 1. The first-order chi connectivity index (χ1) is 17.7. The number of fused-ring (bicyclic) bond motifs is 3. The Balaban J connectivity index is 1.59. The van der Waals surface area contributed by atoms with Crippen molar-refractivity contribution >= 4 is 43.3 Å². The largest absolute Gasteiger partial charge is 0.464 e. The van der Waals surface area contributed by atoms with Crippen LogP contribution in [0.3, 0.4) is 0 Å². The monoisotopic (exact) mass is 503 g/mol. The van der Waals surface area contributed by atoms with E-state index in [1.165, 1.54) is 54.9 Å². The molecule has 0 spiro atoms. The van der Waals surface area contributed by atoms with Crippen LogP contribution in [0.25, 0.3) is 54.3 Å². The third kappa shape index (κ3) is 4.26. The lowest BCUT2D eigenvalue weighted by molar-refractivity contribution is 0.594. The quantitative estimate of drug-likeness (QED) is 0.239. The molecule has 0 saturated heterocycles. The van der Waals surface area contributed by atoms with Gasteiger partial charge in [0.15, 0.2) is 0 Å². The van der Waals surface area contributed by atoms with Crippen molar-refractivity contribution in [1.29, 1.82) is 0 Å². The van der Waals surface area contributed by atoms with Crippen molar-refractivity contribution in [1.82, 2.24) is 4.98 Å². The Bertz CT molecular complexity index is 1780. The van der Waals surface area contributed by atoms with E-state index in [9.17, 15) is 0 Å². The highest BCUT2D eigenvalue weighted by Gasteiger charge is 2.20. The van der Waals surface area contributed by atoms with Crippen LogP contribution in [-0.4, -0.2) is 4.98 Å². The van der Waals surface area contributed by atoms with Crippen molar-refractivity contribution in [3.63, 3.8) is 0 Å². The molecule has 37 heavy (non-hydrogen) atoms. The molecule has 0 amide bonds. The predicted molar refractivity (Wildman–Crippen MR) is 160 cm³/mol. The van der Waals surface area contributed by atoms with Crippen LogP contribution in [-0.2, 0) is 11.8 Å². The molecule has 3 heteroatoms. The summed E-state index contributed by atoms with van der Waals surface area (Å²) in [6.07, 6.45) is 2.94. The number of hydrogen-bond donors (Lipinski definition) is 0. The molecule has 0 bridgehead atoms. The lowest BCUT2D eigenvalue weighted by Gasteiger charge is -2.23. The second-order valence-electron chi connectivity index (χ2n) is 11.7. The molecule has 0 atom stereocenters. The van der Waals surface area contributed by atoms with Gasteiger partial charge in [-0.05, 0) is 99.0 Å². The molecule has 3 heterocycles. The molecule has 6 rings (SSSR count). The molecule has 186 valence electrons. The lowest BCUT2D eigenvalue weighted by Crippen LogP contribution is -2.12. The Labute approximate surface area is 223 Å².